The minimum atomic E-state index is -3.54. The van der Waals surface area contributed by atoms with Crippen LogP contribution in [0.5, 0.6) is 0 Å². The van der Waals surface area contributed by atoms with Gasteiger partial charge in [-0.25, -0.2) is 13.1 Å². The highest BCUT2D eigenvalue weighted by molar-refractivity contribution is 7.91. The van der Waals surface area contributed by atoms with Gasteiger partial charge < -0.3 is 5.11 Å². The Kier molecular flexibility index (Phi) is 4.66. The van der Waals surface area contributed by atoms with Crippen LogP contribution in [-0.2, 0) is 16.6 Å². The summed E-state index contributed by atoms with van der Waals surface area (Å²) in [4.78, 5) is 2.93. The van der Waals surface area contributed by atoms with Crippen molar-refractivity contribution in [2.45, 2.75) is 37.6 Å². The van der Waals surface area contributed by atoms with Gasteiger partial charge in [-0.1, -0.05) is 0 Å². The van der Waals surface area contributed by atoms with Gasteiger partial charge in [0.1, 0.15) is 4.21 Å². The first-order valence-corrected chi connectivity index (χ1v) is 9.24. The minimum Gasteiger partial charge on any atom is -0.391 e. The highest BCUT2D eigenvalue weighted by Gasteiger charge is 2.21. The molecule has 2 heterocycles. The second-order valence-electron chi connectivity index (χ2n) is 4.59. The van der Waals surface area contributed by atoms with Crippen molar-refractivity contribution in [1.29, 1.82) is 0 Å². The second-order valence-corrected chi connectivity index (χ2v) is 9.16. The quantitative estimate of drug-likeness (QED) is 0.885. The fourth-order valence-electron chi connectivity index (χ4n) is 2.02. The number of aliphatic hydroxyl groups is 1. The number of rotatable bonds is 5. The van der Waals surface area contributed by atoms with E-state index in [0.717, 1.165) is 21.8 Å². The van der Waals surface area contributed by atoms with Crippen LogP contribution in [-0.4, -0.2) is 13.5 Å². The van der Waals surface area contributed by atoms with E-state index in [2.05, 4.69) is 4.72 Å². The first kappa shape index (κ1) is 15.7. The zero-order valence-electron chi connectivity index (χ0n) is 11.5. The van der Waals surface area contributed by atoms with Gasteiger partial charge in [-0.2, -0.15) is 0 Å². The minimum absolute atomic E-state index is 0.140. The summed E-state index contributed by atoms with van der Waals surface area (Å²) in [6, 6.07) is 4.89. The smallest absolute Gasteiger partial charge is 0.250 e. The number of aliphatic hydroxyl groups excluding tert-OH is 1. The highest BCUT2D eigenvalue weighted by atomic mass is 32.2. The molecule has 0 aliphatic carbocycles. The maximum atomic E-state index is 12.3. The van der Waals surface area contributed by atoms with E-state index in [1.165, 1.54) is 10.9 Å². The molecule has 1 unspecified atom stereocenters. The first-order valence-electron chi connectivity index (χ1n) is 6.12. The van der Waals surface area contributed by atoms with Gasteiger partial charge in [-0.3, -0.25) is 0 Å². The van der Waals surface area contributed by atoms with Gasteiger partial charge in [0.15, 0.2) is 0 Å². The normalized spacial score (nSPS) is 13.6. The Morgan fingerprint density at radius 1 is 1.30 bits per heavy atom. The number of aryl methyl sites for hydroxylation is 2. The molecule has 20 heavy (non-hydrogen) atoms. The molecule has 0 saturated heterocycles. The third-order valence-electron chi connectivity index (χ3n) is 2.94. The molecular formula is C13H17NO3S3. The predicted molar refractivity (Wildman–Crippen MR) is 82.8 cm³/mol. The van der Waals surface area contributed by atoms with Crippen LogP contribution in [0.25, 0.3) is 0 Å². The lowest BCUT2D eigenvalue weighted by Gasteiger charge is -2.13. The lowest BCUT2D eigenvalue weighted by atomic mass is 10.1. The van der Waals surface area contributed by atoms with Crippen molar-refractivity contribution in [3.8, 4) is 0 Å². The molecule has 0 aliphatic rings. The number of nitrogens with one attached hydrogen (secondary N) is 1. The van der Waals surface area contributed by atoms with Crippen LogP contribution in [0.4, 0.5) is 0 Å². The Balaban J connectivity index is 2.21. The van der Waals surface area contributed by atoms with Gasteiger partial charge in [0, 0.05) is 20.7 Å². The Labute approximate surface area is 127 Å². The maximum Gasteiger partial charge on any atom is 0.250 e. The van der Waals surface area contributed by atoms with E-state index in [9.17, 15) is 8.42 Å². The van der Waals surface area contributed by atoms with Crippen LogP contribution in [0.3, 0.4) is 0 Å². The molecule has 110 valence electrons. The molecule has 4 nitrogen and oxygen atoms in total. The van der Waals surface area contributed by atoms with Gasteiger partial charge >= 0.3 is 0 Å². The molecule has 7 heteroatoms. The molecule has 0 amide bonds. The summed E-state index contributed by atoms with van der Waals surface area (Å²) >= 11 is 2.75. The van der Waals surface area contributed by atoms with E-state index >= 15 is 0 Å². The van der Waals surface area contributed by atoms with Crippen LogP contribution in [0.15, 0.2) is 22.4 Å². The van der Waals surface area contributed by atoms with Crippen LogP contribution in [0, 0.1) is 13.8 Å². The summed E-state index contributed by atoms with van der Waals surface area (Å²) in [6.45, 7) is 5.70. The summed E-state index contributed by atoms with van der Waals surface area (Å²) in [6.07, 6.45) is 0. The molecule has 0 aliphatic heterocycles. The topological polar surface area (TPSA) is 66.4 Å². The van der Waals surface area contributed by atoms with Crippen molar-refractivity contribution in [2.75, 3.05) is 0 Å². The number of sulfonamides is 1. The molecule has 0 spiro atoms. The fourth-order valence-corrected chi connectivity index (χ4v) is 5.50. The van der Waals surface area contributed by atoms with Crippen molar-refractivity contribution in [2.24, 2.45) is 0 Å². The van der Waals surface area contributed by atoms with Crippen molar-refractivity contribution in [3.05, 3.63) is 38.4 Å². The lowest BCUT2D eigenvalue weighted by Crippen LogP contribution is -2.26. The van der Waals surface area contributed by atoms with E-state index in [0.29, 0.717) is 4.88 Å². The average molecular weight is 331 g/mol. The summed E-state index contributed by atoms with van der Waals surface area (Å²) in [7, 11) is -3.54. The standard InChI is InChI=1S/C13H17NO3S3/c1-8-6-12(10(3)18-8)9(2)14-20(16,17)13-5-4-11(7-15)19-13/h4-6,9,14-15H,7H2,1-3H3. The summed E-state index contributed by atoms with van der Waals surface area (Å²) in [5, 5.41) is 9.01. The van der Waals surface area contributed by atoms with Crippen molar-refractivity contribution < 1.29 is 13.5 Å². The third-order valence-corrected chi connectivity index (χ3v) is 7.02. The van der Waals surface area contributed by atoms with Crippen molar-refractivity contribution >= 4 is 32.7 Å². The Morgan fingerprint density at radius 3 is 2.50 bits per heavy atom. The number of hydrogen-bond acceptors (Lipinski definition) is 5. The summed E-state index contributed by atoms with van der Waals surface area (Å²) in [5.41, 5.74) is 1.01. The van der Waals surface area contributed by atoms with Crippen molar-refractivity contribution in [3.63, 3.8) is 0 Å². The monoisotopic (exact) mass is 331 g/mol. The zero-order valence-corrected chi connectivity index (χ0v) is 14.0. The average Bonchev–Trinajstić information content (AvgIpc) is 2.95. The van der Waals surface area contributed by atoms with Gasteiger partial charge in [-0.15, -0.1) is 22.7 Å². The van der Waals surface area contributed by atoms with Crippen LogP contribution in [0.2, 0.25) is 0 Å². The Hall–Kier alpha value is -0.730. The van der Waals surface area contributed by atoms with Crippen LogP contribution < -0.4 is 4.72 Å². The highest BCUT2D eigenvalue weighted by Crippen LogP contribution is 2.28. The molecule has 0 bridgehead atoms. The van der Waals surface area contributed by atoms with E-state index in [1.54, 1.807) is 17.4 Å². The molecule has 2 aromatic rings. The zero-order chi connectivity index (χ0) is 14.9. The SMILES string of the molecule is Cc1cc(C(C)NS(=O)(=O)c2ccc(CO)s2)c(C)s1. The Bertz CT molecular complexity index is 700. The predicted octanol–water partition coefficient (Wildman–Crippen LogP) is 2.96. The molecule has 2 N–H and O–H groups in total. The molecule has 0 aromatic carbocycles. The molecule has 0 fully saturated rings. The molecule has 1 atom stereocenters. The van der Waals surface area contributed by atoms with E-state index in [1.807, 2.05) is 26.8 Å². The summed E-state index contributed by atoms with van der Waals surface area (Å²) < 4.78 is 27.5. The molecule has 2 aromatic heterocycles. The van der Waals surface area contributed by atoms with Crippen LogP contribution >= 0.6 is 22.7 Å². The number of hydrogen-bond donors (Lipinski definition) is 2. The lowest BCUT2D eigenvalue weighted by molar-refractivity contribution is 0.285. The third kappa shape index (κ3) is 3.29. The van der Waals surface area contributed by atoms with Crippen molar-refractivity contribution in [1.82, 2.24) is 4.72 Å². The molecular weight excluding hydrogens is 314 g/mol. The van der Waals surface area contributed by atoms with Gasteiger partial charge in [-0.05, 0) is 44.5 Å². The molecule has 0 radical (unpaired) electrons. The maximum absolute atomic E-state index is 12.3. The molecule has 2 rings (SSSR count). The summed E-state index contributed by atoms with van der Waals surface area (Å²) in [5.74, 6) is 0. The Morgan fingerprint density at radius 2 is 2.00 bits per heavy atom. The first-order chi connectivity index (χ1) is 9.33. The number of thiophene rings is 2. The van der Waals surface area contributed by atoms with Gasteiger partial charge in [0.25, 0.3) is 10.0 Å². The van der Waals surface area contributed by atoms with Crippen LogP contribution in [0.1, 0.15) is 33.2 Å². The van der Waals surface area contributed by atoms with E-state index in [4.69, 9.17) is 5.11 Å². The largest absolute Gasteiger partial charge is 0.391 e. The fraction of sp³-hybridized carbons (Fsp3) is 0.385. The van der Waals surface area contributed by atoms with E-state index in [-0.39, 0.29) is 16.9 Å². The van der Waals surface area contributed by atoms with E-state index < -0.39 is 10.0 Å². The van der Waals surface area contributed by atoms with Gasteiger partial charge in [0.2, 0.25) is 0 Å². The molecule has 0 saturated carbocycles. The van der Waals surface area contributed by atoms with Gasteiger partial charge in [0.05, 0.1) is 6.61 Å². The second kappa shape index (κ2) is 5.95.